The fraction of sp³-hybridized carbons (Fsp3) is 0.588. The molecule has 0 saturated carbocycles. The molecule has 2 aromatic rings. The Labute approximate surface area is 151 Å². The summed E-state index contributed by atoms with van der Waals surface area (Å²) in [4.78, 5) is 28.0. The van der Waals surface area contributed by atoms with E-state index in [9.17, 15) is 9.59 Å². The monoisotopic (exact) mass is 363 g/mol. The highest BCUT2D eigenvalue weighted by molar-refractivity contribution is 7.10. The van der Waals surface area contributed by atoms with Crippen LogP contribution in [0.2, 0.25) is 0 Å². The Morgan fingerprint density at radius 3 is 2.96 bits per heavy atom. The average Bonchev–Trinajstić information content (AvgIpc) is 3.11. The summed E-state index contributed by atoms with van der Waals surface area (Å²) < 4.78 is 3.01. The van der Waals surface area contributed by atoms with Crippen molar-refractivity contribution in [3.8, 4) is 0 Å². The second kappa shape index (κ2) is 7.97. The number of thiophene rings is 1. The second-order valence-electron chi connectivity index (χ2n) is 6.62. The Kier molecular flexibility index (Phi) is 5.70. The minimum absolute atomic E-state index is 0.0244. The highest BCUT2D eigenvalue weighted by Gasteiger charge is 2.19. The Hall–Kier alpha value is -1.93. The normalized spacial score (nSPS) is 15.6. The Bertz CT molecular complexity index is 763. The molecular formula is C17H25N5O2S. The molecule has 136 valence electrons. The maximum Gasteiger partial charge on any atom is 0.346 e. The van der Waals surface area contributed by atoms with Crippen LogP contribution in [0, 0.1) is 0 Å². The van der Waals surface area contributed by atoms with E-state index in [-0.39, 0.29) is 24.2 Å². The van der Waals surface area contributed by atoms with Gasteiger partial charge in [-0.05, 0) is 38.4 Å². The predicted molar refractivity (Wildman–Crippen MR) is 97.8 cm³/mol. The smallest absolute Gasteiger partial charge is 0.346 e. The van der Waals surface area contributed by atoms with E-state index in [0.29, 0.717) is 13.1 Å². The summed E-state index contributed by atoms with van der Waals surface area (Å²) in [6.07, 6.45) is 3.98. The van der Waals surface area contributed by atoms with Gasteiger partial charge in [0, 0.05) is 24.4 Å². The van der Waals surface area contributed by atoms with Crippen molar-refractivity contribution in [2.24, 2.45) is 0 Å². The molecule has 0 aromatic carbocycles. The van der Waals surface area contributed by atoms with Gasteiger partial charge in [0.25, 0.3) is 0 Å². The van der Waals surface area contributed by atoms with Crippen molar-refractivity contribution in [2.75, 3.05) is 20.6 Å². The van der Waals surface area contributed by atoms with Gasteiger partial charge in [0.15, 0.2) is 0 Å². The summed E-state index contributed by atoms with van der Waals surface area (Å²) in [5.41, 5.74) is -0.172. The molecule has 1 aliphatic rings. The highest BCUT2D eigenvalue weighted by atomic mass is 32.1. The predicted octanol–water partition coefficient (Wildman–Crippen LogP) is 1.25. The van der Waals surface area contributed by atoms with E-state index in [2.05, 4.69) is 21.4 Å². The van der Waals surface area contributed by atoms with Crippen LogP contribution in [0.5, 0.6) is 0 Å². The average molecular weight is 363 g/mol. The summed E-state index contributed by atoms with van der Waals surface area (Å²) in [6.45, 7) is 1.19. The van der Waals surface area contributed by atoms with E-state index in [1.165, 1.54) is 9.56 Å². The fourth-order valence-corrected chi connectivity index (χ4v) is 4.07. The molecule has 1 aliphatic heterocycles. The number of rotatable bonds is 6. The van der Waals surface area contributed by atoms with Crippen LogP contribution >= 0.6 is 11.3 Å². The molecule has 3 rings (SSSR count). The summed E-state index contributed by atoms with van der Waals surface area (Å²) in [7, 11) is 3.99. The van der Waals surface area contributed by atoms with Gasteiger partial charge in [0.1, 0.15) is 12.4 Å². The van der Waals surface area contributed by atoms with Gasteiger partial charge in [0.05, 0.1) is 6.04 Å². The van der Waals surface area contributed by atoms with E-state index in [4.69, 9.17) is 0 Å². The maximum atomic E-state index is 12.4. The van der Waals surface area contributed by atoms with Crippen LogP contribution in [-0.4, -0.2) is 45.8 Å². The number of aromatic nitrogens is 3. The number of carbonyl (C=O) groups is 1. The number of nitrogens with zero attached hydrogens (tertiary/aromatic N) is 4. The van der Waals surface area contributed by atoms with E-state index in [1.807, 2.05) is 25.5 Å². The van der Waals surface area contributed by atoms with Crippen LogP contribution in [0.3, 0.4) is 0 Å². The third kappa shape index (κ3) is 4.19. The van der Waals surface area contributed by atoms with Gasteiger partial charge >= 0.3 is 5.69 Å². The molecule has 0 saturated heterocycles. The highest BCUT2D eigenvalue weighted by Crippen LogP contribution is 2.22. The molecule has 1 N–H and O–H groups in total. The lowest BCUT2D eigenvalue weighted by atomic mass is 10.2. The van der Waals surface area contributed by atoms with Gasteiger partial charge in [-0.3, -0.25) is 9.36 Å². The summed E-state index contributed by atoms with van der Waals surface area (Å²) >= 11 is 1.67. The standard InChI is InChI=1S/C17H25N5O2S/c1-20(2)13(14-7-6-10-25-14)11-18-16(23)12-22-17(24)21-9-5-3-4-8-15(21)19-22/h6-7,10,13H,3-5,8-9,11-12H2,1-2H3,(H,18,23). The molecule has 1 amide bonds. The van der Waals surface area contributed by atoms with Crippen LogP contribution in [0.25, 0.3) is 0 Å². The van der Waals surface area contributed by atoms with Crippen LogP contribution in [-0.2, 0) is 24.3 Å². The van der Waals surface area contributed by atoms with Gasteiger partial charge in [-0.2, -0.15) is 5.10 Å². The molecule has 0 spiro atoms. The molecule has 2 aromatic heterocycles. The number of nitrogens with one attached hydrogen (secondary N) is 1. The van der Waals surface area contributed by atoms with E-state index in [1.54, 1.807) is 15.9 Å². The Morgan fingerprint density at radius 2 is 2.24 bits per heavy atom. The molecular weight excluding hydrogens is 338 g/mol. The third-order valence-electron chi connectivity index (χ3n) is 4.56. The van der Waals surface area contributed by atoms with Gasteiger partial charge in [0.2, 0.25) is 5.91 Å². The van der Waals surface area contributed by atoms with Gasteiger partial charge in [-0.15, -0.1) is 11.3 Å². The van der Waals surface area contributed by atoms with Crippen molar-refractivity contribution in [3.63, 3.8) is 0 Å². The Morgan fingerprint density at radius 1 is 1.40 bits per heavy atom. The number of hydrogen-bond donors (Lipinski definition) is 1. The van der Waals surface area contributed by atoms with Gasteiger partial charge in [-0.25, -0.2) is 9.48 Å². The number of aryl methyl sites for hydroxylation is 1. The summed E-state index contributed by atoms with van der Waals surface area (Å²) in [6, 6.07) is 4.20. The number of fused-ring (bicyclic) bond motifs is 1. The van der Waals surface area contributed by atoms with Crippen molar-refractivity contribution in [1.82, 2.24) is 24.6 Å². The second-order valence-corrected chi connectivity index (χ2v) is 7.60. The van der Waals surface area contributed by atoms with Crippen molar-refractivity contribution in [3.05, 3.63) is 38.7 Å². The number of hydrogen-bond acceptors (Lipinski definition) is 5. The fourth-order valence-electron chi connectivity index (χ4n) is 3.15. The quantitative estimate of drug-likeness (QED) is 0.838. The first-order valence-electron chi connectivity index (χ1n) is 8.69. The molecule has 0 bridgehead atoms. The zero-order chi connectivity index (χ0) is 17.8. The lowest BCUT2D eigenvalue weighted by molar-refractivity contribution is -0.122. The minimum Gasteiger partial charge on any atom is -0.353 e. The topological polar surface area (TPSA) is 72.2 Å². The van der Waals surface area contributed by atoms with Crippen molar-refractivity contribution < 1.29 is 4.79 Å². The van der Waals surface area contributed by atoms with Gasteiger partial charge < -0.3 is 10.2 Å². The number of amides is 1. The molecule has 3 heterocycles. The van der Waals surface area contributed by atoms with Crippen LogP contribution in [0.4, 0.5) is 0 Å². The minimum atomic E-state index is -0.182. The number of likely N-dealkylation sites (N-methyl/N-ethyl adjacent to an activating group) is 1. The summed E-state index contributed by atoms with van der Waals surface area (Å²) in [5, 5.41) is 9.33. The van der Waals surface area contributed by atoms with Crippen molar-refractivity contribution in [2.45, 2.75) is 44.8 Å². The third-order valence-corrected chi connectivity index (χ3v) is 5.54. The maximum absolute atomic E-state index is 12.4. The largest absolute Gasteiger partial charge is 0.353 e. The molecule has 0 radical (unpaired) electrons. The van der Waals surface area contributed by atoms with Crippen molar-refractivity contribution >= 4 is 17.2 Å². The van der Waals surface area contributed by atoms with Crippen LogP contribution in [0.1, 0.15) is 36.0 Å². The zero-order valence-corrected chi connectivity index (χ0v) is 15.6. The zero-order valence-electron chi connectivity index (χ0n) is 14.8. The van der Waals surface area contributed by atoms with E-state index in [0.717, 1.165) is 31.5 Å². The molecule has 0 aliphatic carbocycles. The lowest BCUT2D eigenvalue weighted by Gasteiger charge is -2.23. The SMILES string of the molecule is CN(C)C(CNC(=O)Cn1nc2n(c1=O)CCCCC2)c1cccs1. The first-order valence-corrected chi connectivity index (χ1v) is 9.57. The van der Waals surface area contributed by atoms with Crippen LogP contribution in [0.15, 0.2) is 22.3 Å². The Balaban J connectivity index is 1.62. The molecule has 25 heavy (non-hydrogen) atoms. The molecule has 8 heteroatoms. The lowest BCUT2D eigenvalue weighted by Crippen LogP contribution is -2.38. The number of carbonyl (C=O) groups excluding carboxylic acids is 1. The molecule has 0 fully saturated rings. The first kappa shape index (κ1) is 17.9. The molecule has 1 atom stereocenters. The van der Waals surface area contributed by atoms with Crippen LogP contribution < -0.4 is 11.0 Å². The molecule has 7 nitrogen and oxygen atoms in total. The first-order chi connectivity index (χ1) is 12.1. The molecule has 1 unspecified atom stereocenters. The van der Waals surface area contributed by atoms with E-state index >= 15 is 0 Å². The van der Waals surface area contributed by atoms with Gasteiger partial charge in [-0.1, -0.05) is 12.5 Å². The summed E-state index contributed by atoms with van der Waals surface area (Å²) in [5.74, 6) is 0.624. The van der Waals surface area contributed by atoms with E-state index < -0.39 is 0 Å². The van der Waals surface area contributed by atoms with Crippen molar-refractivity contribution in [1.29, 1.82) is 0 Å².